The Morgan fingerprint density at radius 2 is 1.51 bits per heavy atom. The molecule has 0 saturated heterocycles. The first-order valence-electron chi connectivity index (χ1n) is 15.7. The molecule has 0 aromatic heterocycles. The van der Waals surface area contributed by atoms with E-state index < -0.39 is 5.97 Å². The van der Waals surface area contributed by atoms with E-state index in [1.54, 1.807) is 19.1 Å². The highest BCUT2D eigenvalue weighted by Gasteiger charge is 2.32. The summed E-state index contributed by atoms with van der Waals surface area (Å²) < 4.78 is 11.1. The quantitative estimate of drug-likeness (QED) is 0.129. The molecule has 0 aliphatic heterocycles. The molecule has 0 heterocycles. The van der Waals surface area contributed by atoms with Gasteiger partial charge in [-0.1, -0.05) is 52.0 Å². The minimum absolute atomic E-state index is 0.309. The van der Waals surface area contributed by atoms with E-state index in [1.165, 1.54) is 64.2 Å². The van der Waals surface area contributed by atoms with Crippen LogP contribution < -0.4 is 4.74 Å². The van der Waals surface area contributed by atoms with Gasteiger partial charge in [0.05, 0.1) is 18.8 Å². The Hall–Kier alpha value is -2.30. The van der Waals surface area contributed by atoms with Gasteiger partial charge in [0.2, 0.25) is 0 Å². The van der Waals surface area contributed by atoms with Crippen molar-refractivity contribution < 1.29 is 24.2 Å². The predicted octanol–water partition coefficient (Wildman–Crippen LogP) is 9.10. The summed E-state index contributed by atoms with van der Waals surface area (Å²) in [5.41, 5.74) is 1.82. The van der Waals surface area contributed by atoms with Gasteiger partial charge in [-0.05, 0) is 119 Å². The second kappa shape index (κ2) is 16.7. The number of esters is 1. The van der Waals surface area contributed by atoms with Crippen LogP contribution in [0.1, 0.15) is 138 Å². The number of benzene rings is 1. The maximum absolute atomic E-state index is 12.0. The molecular formula is C34H52O5. The van der Waals surface area contributed by atoms with Crippen LogP contribution in [-0.4, -0.2) is 30.3 Å². The van der Waals surface area contributed by atoms with Crippen LogP contribution >= 0.6 is 0 Å². The van der Waals surface area contributed by atoms with Gasteiger partial charge in [-0.2, -0.15) is 0 Å². The third-order valence-electron chi connectivity index (χ3n) is 9.13. The number of carbonyl (C=O) groups is 2. The van der Waals surface area contributed by atoms with Crippen molar-refractivity contribution in [3.05, 3.63) is 41.5 Å². The SMILES string of the molecule is C=C(C)C(=O)OCCCCCCOc1ccc(C(=O)O)c(C2CCC([C@H]3CC[C@H](CCCCC)CC3)CC2)c1. The Morgan fingerprint density at radius 1 is 0.872 bits per heavy atom. The highest BCUT2D eigenvalue weighted by molar-refractivity contribution is 5.90. The minimum Gasteiger partial charge on any atom is -0.494 e. The summed E-state index contributed by atoms with van der Waals surface area (Å²) in [5, 5.41) is 9.85. The van der Waals surface area contributed by atoms with E-state index in [-0.39, 0.29) is 5.97 Å². The summed E-state index contributed by atoms with van der Waals surface area (Å²) in [4.78, 5) is 23.4. The number of carboxylic acids is 1. The lowest BCUT2D eigenvalue weighted by atomic mass is 9.67. The topological polar surface area (TPSA) is 72.8 Å². The van der Waals surface area contributed by atoms with Crippen molar-refractivity contribution in [1.82, 2.24) is 0 Å². The largest absolute Gasteiger partial charge is 0.494 e. The minimum atomic E-state index is -0.840. The van der Waals surface area contributed by atoms with Crippen molar-refractivity contribution in [1.29, 1.82) is 0 Å². The van der Waals surface area contributed by atoms with Crippen molar-refractivity contribution >= 4 is 11.9 Å². The van der Waals surface area contributed by atoms with Crippen molar-refractivity contribution in [3.8, 4) is 5.75 Å². The van der Waals surface area contributed by atoms with Gasteiger partial charge in [-0.25, -0.2) is 9.59 Å². The number of carbonyl (C=O) groups excluding carboxylic acids is 1. The first-order valence-corrected chi connectivity index (χ1v) is 15.7. The van der Waals surface area contributed by atoms with E-state index in [0.29, 0.717) is 30.3 Å². The molecule has 2 fully saturated rings. The molecule has 1 aromatic rings. The fourth-order valence-electron chi connectivity index (χ4n) is 6.73. The van der Waals surface area contributed by atoms with Gasteiger partial charge in [0.25, 0.3) is 0 Å². The van der Waals surface area contributed by atoms with Gasteiger partial charge in [0.1, 0.15) is 5.75 Å². The zero-order chi connectivity index (χ0) is 28.0. The van der Waals surface area contributed by atoms with Crippen LogP contribution in [-0.2, 0) is 9.53 Å². The fraction of sp³-hybridized carbons (Fsp3) is 0.706. The van der Waals surface area contributed by atoms with Crippen molar-refractivity contribution in [2.45, 2.75) is 122 Å². The lowest BCUT2D eigenvalue weighted by molar-refractivity contribution is -0.139. The molecule has 39 heavy (non-hydrogen) atoms. The first kappa shape index (κ1) is 31.2. The summed E-state index contributed by atoms with van der Waals surface area (Å²) in [6.07, 6.45) is 19.5. The van der Waals surface area contributed by atoms with E-state index >= 15 is 0 Å². The smallest absolute Gasteiger partial charge is 0.335 e. The Kier molecular flexibility index (Phi) is 13.4. The highest BCUT2D eigenvalue weighted by Crippen LogP contribution is 2.45. The van der Waals surface area contributed by atoms with Gasteiger partial charge in [-0.3, -0.25) is 0 Å². The number of ether oxygens (including phenoxy) is 2. The molecule has 0 amide bonds. The van der Waals surface area contributed by atoms with Crippen molar-refractivity contribution in [2.75, 3.05) is 13.2 Å². The van der Waals surface area contributed by atoms with Gasteiger partial charge >= 0.3 is 11.9 Å². The van der Waals surface area contributed by atoms with Gasteiger partial charge in [0, 0.05) is 5.57 Å². The van der Waals surface area contributed by atoms with Crippen LogP contribution in [0.5, 0.6) is 5.75 Å². The molecule has 218 valence electrons. The van der Waals surface area contributed by atoms with E-state index in [0.717, 1.165) is 67.6 Å². The molecule has 0 radical (unpaired) electrons. The molecule has 1 N–H and O–H groups in total. The Labute approximate surface area is 236 Å². The second-order valence-electron chi connectivity index (χ2n) is 12.1. The van der Waals surface area contributed by atoms with Crippen LogP contribution in [0.4, 0.5) is 0 Å². The molecule has 0 spiro atoms. The van der Waals surface area contributed by atoms with E-state index in [9.17, 15) is 14.7 Å². The molecular weight excluding hydrogens is 488 g/mol. The molecule has 3 rings (SSSR count). The van der Waals surface area contributed by atoms with Crippen LogP contribution in [0.2, 0.25) is 0 Å². The molecule has 1 aromatic carbocycles. The molecule has 0 unspecified atom stereocenters. The maximum atomic E-state index is 12.0. The first-order chi connectivity index (χ1) is 18.9. The van der Waals surface area contributed by atoms with Crippen molar-refractivity contribution in [2.24, 2.45) is 17.8 Å². The zero-order valence-electron chi connectivity index (χ0n) is 24.6. The summed E-state index contributed by atoms with van der Waals surface area (Å²) in [6.45, 7) is 8.55. The van der Waals surface area contributed by atoms with E-state index in [1.807, 2.05) is 6.07 Å². The number of hydrogen-bond acceptors (Lipinski definition) is 4. The number of carboxylic acid groups (broad SMARTS) is 1. The molecule has 0 bridgehead atoms. The van der Waals surface area contributed by atoms with Crippen LogP contribution in [0, 0.1) is 17.8 Å². The molecule has 2 aliphatic rings. The summed E-state index contributed by atoms with van der Waals surface area (Å²) >= 11 is 0. The average molecular weight is 541 g/mol. The Bertz CT molecular complexity index is 906. The number of rotatable bonds is 16. The van der Waals surface area contributed by atoms with Gasteiger partial charge in [-0.15, -0.1) is 0 Å². The Morgan fingerprint density at radius 3 is 2.13 bits per heavy atom. The van der Waals surface area contributed by atoms with Crippen molar-refractivity contribution in [3.63, 3.8) is 0 Å². The molecule has 2 aliphatic carbocycles. The average Bonchev–Trinajstić information content (AvgIpc) is 2.94. The lowest BCUT2D eigenvalue weighted by Crippen LogP contribution is -2.26. The van der Waals surface area contributed by atoms with Gasteiger partial charge < -0.3 is 14.6 Å². The normalized spacial score (nSPS) is 23.2. The van der Waals surface area contributed by atoms with Crippen LogP contribution in [0.3, 0.4) is 0 Å². The van der Waals surface area contributed by atoms with Crippen LogP contribution in [0.25, 0.3) is 0 Å². The van der Waals surface area contributed by atoms with E-state index in [2.05, 4.69) is 13.5 Å². The number of unbranched alkanes of at least 4 members (excludes halogenated alkanes) is 5. The summed E-state index contributed by atoms with van der Waals surface area (Å²) in [7, 11) is 0. The third kappa shape index (κ3) is 10.3. The summed E-state index contributed by atoms with van der Waals surface area (Å²) in [6, 6.07) is 5.52. The number of hydrogen-bond donors (Lipinski definition) is 1. The molecule has 2 saturated carbocycles. The van der Waals surface area contributed by atoms with E-state index in [4.69, 9.17) is 9.47 Å². The standard InChI is InChI=1S/C34H52O5/c1-4-5-8-11-26-12-14-27(15-13-26)28-16-18-29(19-17-28)32-24-30(20-21-31(32)33(35)36)38-22-9-6-7-10-23-39-34(37)25(2)3/h20-21,24,26-29H,2,4-19,22-23H2,1,3H3,(H,35,36)/t26-,27-,28?,29?. The zero-order valence-corrected chi connectivity index (χ0v) is 24.6. The molecule has 0 atom stereocenters. The van der Waals surface area contributed by atoms with Gasteiger partial charge in [0.15, 0.2) is 0 Å². The highest BCUT2D eigenvalue weighted by atomic mass is 16.5. The Balaban J connectivity index is 1.41. The number of aromatic carboxylic acids is 1. The third-order valence-corrected chi connectivity index (χ3v) is 9.13. The molecule has 5 nitrogen and oxygen atoms in total. The fourth-order valence-corrected chi connectivity index (χ4v) is 6.73. The summed E-state index contributed by atoms with van der Waals surface area (Å²) in [5.74, 6) is 2.56. The maximum Gasteiger partial charge on any atom is 0.335 e. The second-order valence-corrected chi connectivity index (χ2v) is 12.1. The lowest BCUT2D eigenvalue weighted by Gasteiger charge is -2.38. The van der Waals surface area contributed by atoms with Crippen LogP contribution in [0.15, 0.2) is 30.4 Å². The predicted molar refractivity (Wildman–Crippen MR) is 157 cm³/mol. The monoisotopic (exact) mass is 540 g/mol. The molecule has 5 heteroatoms.